The van der Waals surface area contributed by atoms with Crippen molar-refractivity contribution in [1.29, 1.82) is 0 Å². The fraction of sp³-hybridized carbons (Fsp3) is 0.0698. The van der Waals surface area contributed by atoms with E-state index in [0.29, 0.717) is 5.92 Å². The van der Waals surface area contributed by atoms with Crippen molar-refractivity contribution in [2.24, 2.45) is 0 Å². The van der Waals surface area contributed by atoms with Gasteiger partial charge in [0.2, 0.25) is 0 Å². The van der Waals surface area contributed by atoms with Gasteiger partial charge in [-0.2, -0.15) is 0 Å². The van der Waals surface area contributed by atoms with Crippen LogP contribution in [0, 0.1) is 0 Å². The number of hydrogen-bond acceptors (Lipinski definition) is 0. The molecule has 1 unspecified atom stereocenters. The molecule has 0 bridgehead atoms. The van der Waals surface area contributed by atoms with Crippen molar-refractivity contribution < 1.29 is 0 Å². The Morgan fingerprint density at radius 3 is 2.09 bits per heavy atom. The lowest BCUT2D eigenvalue weighted by atomic mass is 9.91. The molecule has 2 aliphatic carbocycles. The molecule has 0 amide bonds. The van der Waals surface area contributed by atoms with Crippen LogP contribution in [0.4, 0.5) is 0 Å². The minimum absolute atomic E-state index is 0.358. The minimum atomic E-state index is 0.358. The number of nitrogens with zero attached hydrogens (tertiary/aromatic N) is 2. The van der Waals surface area contributed by atoms with E-state index in [2.05, 4.69) is 173 Å². The van der Waals surface area contributed by atoms with Crippen molar-refractivity contribution in [3.05, 3.63) is 175 Å². The van der Waals surface area contributed by atoms with Gasteiger partial charge in [0.1, 0.15) is 0 Å². The molecule has 0 N–H and O–H groups in total. The summed E-state index contributed by atoms with van der Waals surface area (Å²) >= 11 is 0. The number of benzene rings is 5. The normalized spacial score (nSPS) is 15.9. The molecule has 2 heterocycles. The first-order valence-electron chi connectivity index (χ1n) is 15.9. The van der Waals surface area contributed by atoms with E-state index in [1.54, 1.807) is 0 Å². The molecule has 0 saturated carbocycles. The topological polar surface area (TPSA) is 9.86 Å². The highest BCUT2D eigenvalue weighted by Crippen LogP contribution is 2.44. The predicted molar refractivity (Wildman–Crippen MR) is 191 cm³/mol. The summed E-state index contributed by atoms with van der Waals surface area (Å²) in [7, 11) is 0. The highest BCUT2D eigenvalue weighted by Gasteiger charge is 2.24. The first-order chi connectivity index (χ1) is 22.3. The Hall–Kier alpha value is -5.60. The van der Waals surface area contributed by atoms with Gasteiger partial charge in [-0.25, -0.2) is 0 Å². The van der Waals surface area contributed by atoms with Crippen molar-refractivity contribution >= 4 is 44.5 Å². The van der Waals surface area contributed by atoms with Crippen molar-refractivity contribution in [2.75, 3.05) is 0 Å². The third-order valence-electron chi connectivity index (χ3n) is 9.54. The van der Waals surface area contributed by atoms with Crippen LogP contribution in [-0.2, 0) is 6.42 Å². The van der Waals surface area contributed by atoms with Crippen LogP contribution in [0.2, 0.25) is 0 Å². The largest absolute Gasteiger partial charge is 0.313 e. The molecule has 45 heavy (non-hydrogen) atoms. The lowest BCUT2D eigenvalue weighted by Crippen LogP contribution is -2.05. The molecule has 2 nitrogen and oxygen atoms in total. The standard InChI is InChI=1S/C43H32N2/c1-4-13-30(14-5-1)32-23-25-34(26-24-32)44-38-21-9-3-8-19-36(38)42-40(44)27-28-41-43(42)37-20-10-11-22-39(37)45(41)35-18-12-17-33(29-35)31-15-6-2-7-16-31/h1-20,22-28,33H,21,29H2. The van der Waals surface area contributed by atoms with Crippen molar-refractivity contribution in [3.63, 3.8) is 0 Å². The Morgan fingerprint density at radius 1 is 0.556 bits per heavy atom. The molecular formula is C43H32N2. The van der Waals surface area contributed by atoms with E-state index in [4.69, 9.17) is 0 Å². The Kier molecular flexibility index (Phi) is 6.05. The zero-order chi connectivity index (χ0) is 29.7. The monoisotopic (exact) mass is 576 g/mol. The van der Waals surface area contributed by atoms with Crippen LogP contribution >= 0.6 is 0 Å². The Bertz CT molecular complexity index is 2340. The minimum Gasteiger partial charge on any atom is -0.313 e. The second kappa shape index (κ2) is 10.5. The fourth-order valence-corrected chi connectivity index (χ4v) is 7.50. The van der Waals surface area contributed by atoms with E-state index in [1.165, 1.54) is 72.0 Å². The fourth-order valence-electron chi connectivity index (χ4n) is 7.50. The zero-order valence-electron chi connectivity index (χ0n) is 25.0. The van der Waals surface area contributed by atoms with Gasteiger partial charge < -0.3 is 9.13 Å². The summed E-state index contributed by atoms with van der Waals surface area (Å²) in [5, 5.41) is 3.96. The maximum Gasteiger partial charge on any atom is 0.0545 e. The molecule has 1 atom stereocenters. The van der Waals surface area contributed by atoms with Crippen molar-refractivity contribution in [3.8, 4) is 16.8 Å². The number of hydrogen-bond donors (Lipinski definition) is 0. The van der Waals surface area contributed by atoms with Crippen LogP contribution in [-0.4, -0.2) is 9.13 Å². The van der Waals surface area contributed by atoms with Crippen LogP contribution in [0.3, 0.4) is 0 Å². The van der Waals surface area contributed by atoms with Gasteiger partial charge in [-0.1, -0.05) is 127 Å². The summed E-state index contributed by atoms with van der Waals surface area (Å²) in [6.45, 7) is 0. The summed E-state index contributed by atoms with van der Waals surface area (Å²) in [5.41, 5.74) is 12.8. The molecule has 0 aliphatic heterocycles. The predicted octanol–water partition coefficient (Wildman–Crippen LogP) is 11.1. The molecule has 0 spiro atoms. The van der Waals surface area contributed by atoms with E-state index in [9.17, 15) is 0 Å². The number of para-hydroxylation sites is 1. The molecule has 2 aromatic heterocycles. The summed E-state index contributed by atoms with van der Waals surface area (Å²) in [6.07, 6.45) is 17.7. The molecule has 9 rings (SSSR count). The average Bonchev–Trinajstić information content (AvgIpc) is 3.49. The summed E-state index contributed by atoms with van der Waals surface area (Å²) in [4.78, 5) is 0. The number of fused-ring (bicyclic) bond motifs is 7. The van der Waals surface area contributed by atoms with Gasteiger partial charge in [-0.3, -0.25) is 0 Å². The van der Waals surface area contributed by atoms with Gasteiger partial charge in [0.05, 0.1) is 16.6 Å². The second-order valence-corrected chi connectivity index (χ2v) is 12.1. The van der Waals surface area contributed by atoms with Gasteiger partial charge in [-0.15, -0.1) is 0 Å². The van der Waals surface area contributed by atoms with Crippen LogP contribution in [0.1, 0.15) is 29.2 Å². The van der Waals surface area contributed by atoms with Gasteiger partial charge in [-0.05, 0) is 59.5 Å². The van der Waals surface area contributed by atoms with E-state index >= 15 is 0 Å². The Labute approximate surface area is 263 Å². The van der Waals surface area contributed by atoms with Crippen LogP contribution in [0.25, 0.3) is 61.3 Å². The van der Waals surface area contributed by atoms with Crippen LogP contribution in [0.15, 0.2) is 158 Å². The summed E-state index contributed by atoms with van der Waals surface area (Å²) in [5.74, 6) is 0.358. The van der Waals surface area contributed by atoms with Gasteiger partial charge >= 0.3 is 0 Å². The average molecular weight is 577 g/mol. The molecule has 0 fully saturated rings. The van der Waals surface area contributed by atoms with Gasteiger partial charge in [0.15, 0.2) is 0 Å². The SMILES string of the molecule is C1=CCc2c(c3c4c5ccccc5n(C5=CC=CC(c6ccccc6)C5)c4ccc3n2-c2ccc(-c3ccccc3)cc2)C=C1. The highest BCUT2D eigenvalue weighted by atomic mass is 15.0. The Balaban J connectivity index is 1.27. The molecule has 5 aromatic carbocycles. The van der Waals surface area contributed by atoms with E-state index < -0.39 is 0 Å². The lowest BCUT2D eigenvalue weighted by Gasteiger charge is -2.21. The molecule has 214 valence electrons. The third kappa shape index (κ3) is 4.17. The Morgan fingerprint density at radius 2 is 1.27 bits per heavy atom. The van der Waals surface area contributed by atoms with E-state index in [-0.39, 0.29) is 0 Å². The molecule has 0 saturated heterocycles. The molecule has 0 radical (unpaired) electrons. The van der Waals surface area contributed by atoms with Crippen LogP contribution < -0.4 is 0 Å². The second-order valence-electron chi connectivity index (χ2n) is 12.1. The van der Waals surface area contributed by atoms with Crippen molar-refractivity contribution in [2.45, 2.75) is 18.8 Å². The molecule has 2 aliphatic rings. The summed E-state index contributed by atoms with van der Waals surface area (Å²) < 4.78 is 5.00. The number of allylic oxidation sites excluding steroid dienone is 7. The zero-order valence-corrected chi connectivity index (χ0v) is 25.0. The maximum absolute atomic E-state index is 2.51. The summed E-state index contributed by atoms with van der Waals surface area (Å²) in [6, 6.07) is 44.2. The van der Waals surface area contributed by atoms with Crippen molar-refractivity contribution in [1.82, 2.24) is 9.13 Å². The number of rotatable bonds is 4. The van der Waals surface area contributed by atoms with E-state index in [0.717, 1.165) is 12.8 Å². The molecule has 2 heteroatoms. The van der Waals surface area contributed by atoms with Gasteiger partial charge in [0, 0.05) is 51.1 Å². The van der Waals surface area contributed by atoms with E-state index in [1.807, 2.05) is 0 Å². The first-order valence-corrected chi connectivity index (χ1v) is 15.9. The number of aromatic nitrogens is 2. The smallest absolute Gasteiger partial charge is 0.0545 e. The highest BCUT2D eigenvalue weighted by molar-refractivity contribution is 6.24. The van der Waals surface area contributed by atoms with Crippen LogP contribution in [0.5, 0.6) is 0 Å². The maximum atomic E-state index is 2.51. The quantitative estimate of drug-likeness (QED) is 0.197. The third-order valence-corrected chi connectivity index (χ3v) is 9.54. The van der Waals surface area contributed by atoms with Gasteiger partial charge in [0.25, 0.3) is 0 Å². The molecule has 7 aromatic rings. The molecular weight excluding hydrogens is 544 g/mol. The first kappa shape index (κ1) is 25.9. The lowest BCUT2D eigenvalue weighted by molar-refractivity contribution is 0.837.